The van der Waals surface area contributed by atoms with Crippen molar-refractivity contribution < 1.29 is 21.9 Å². The van der Waals surface area contributed by atoms with Crippen molar-refractivity contribution >= 4 is 31.7 Å². The van der Waals surface area contributed by atoms with E-state index in [0.29, 0.717) is 0 Å². The zero-order chi connectivity index (χ0) is 21.9. The predicted octanol–water partition coefficient (Wildman–Crippen LogP) is -2.42. The quantitative estimate of drug-likeness (QED) is 0.178. The maximum absolute atomic E-state index is 12.8. The molecule has 3 rings (SSSR count). The maximum atomic E-state index is 12.8. The molecule has 17 heteroatoms. The SMILES string of the molecule is NCC(O)CNS(=O)(=O)c1ccc(Nc2ncc[nH]2)c(-c2nn[nH]n2)c1S(N)(=O)=O. The number of rotatable bonds is 9. The van der Waals surface area contributed by atoms with Crippen LogP contribution in [-0.2, 0) is 20.0 Å². The molecule has 0 saturated heterocycles. The number of aliphatic hydroxyl groups excluding tert-OH is 1. The van der Waals surface area contributed by atoms with E-state index in [-0.39, 0.29) is 29.6 Å². The van der Waals surface area contributed by atoms with Crippen molar-refractivity contribution in [3.8, 4) is 11.4 Å². The summed E-state index contributed by atoms with van der Waals surface area (Å²) in [6, 6.07) is 2.32. The van der Waals surface area contributed by atoms with Gasteiger partial charge in [-0.1, -0.05) is 0 Å². The lowest BCUT2D eigenvalue weighted by Gasteiger charge is -2.17. The third-order valence-corrected chi connectivity index (χ3v) is 6.39. The minimum atomic E-state index is -4.62. The molecule has 2 aromatic heterocycles. The van der Waals surface area contributed by atoms with E-state index in [2.05, 4.69) is 40.6 Å². The number of hydrogen-bond donors (Lipinski definition) is 7. The number of nitrogens with two attached hydrogens (primary N) is 2. The summed E-state index contributed by atoms with van der Waals surface area (Å²) in [5.74, 6) is 0.00652. The fourth-order valence-electron chi connectivity index (χ4n) is 2.48. The van der Waals surface area contributed by atoms with Crippen LogP contribution in [0.2, 0.25) is 0 Å². The van der Waals surface area contributed by atoms with Gasteiger partial charge in [0, 0.05) is 25.5 Å². The summed E-state index contributed by atoms with van der Waals surface area (Å²) in [6.07, 6.45) is 1.79. The number of aromatic amines is 2. The molecular formula is C13H18N10O5S2. The van der Waals surface area contributed by atoms with Crippen molar-refractivity contribution in [1.29, 1.82) is 0 Å². The van der Waals surface area contributed by atoms with E-state index in [9.17, 15) is 21.9 Å². The Morgan fingerprint density at radius 1 is 1.23 bits per heavy atom. The van der Waals surface area contributed by atoms with Crippen molar-refractivity contribution in [1.82, 2.24) is 35.3 Å². The third kappa shape index (κ3) is 4.61. The zero-order valence-electron chi connectivity index (χ0n) is 15.1. The van der Waals surface area contributed by atoms with Crippen molar-refractivity contribution in [3.63, 3.8) is 0 Å². The van der Waals surface area contributed by atoms with Crippen LogP contribution in [0.1, 0.15) is 0 Å². The lowest BCUT2D eigenvalue weighted by molar-refractivity contribution is 0.186. The van der Waals surface area contributed by atoms with E-state index < -0.39 is 42.5 Å². The van der Waals surface area contributed by atoms with E-state index in [1.165, 1.54) is 18.5 Å². The van der Waals surface area contributed by atoms with Gasteiger partial charge in [-0.2, -0.15) is 5.21 Å². The Hall–Kier alpha value is -2.96. The molecule has 3 aromatic rings. The lowest BCUT2D eigenvalue weighted by Crippen LogP contribution is -2.36. The number of aromatic nitrogens is 6. The largest absolute Gasteiger partial charge is 0.390 e. The Bertz CT molecular complexity index is 1210. The van der Waals surface area contributed by atoms with Crippen LogP contribution in [0.25, 0.3) is 11.4 Å². The molecule has 0 aliphatic carbocycles. The fourth-order valence-corrected chi connectivity index (χ4v) is 5.15. The van der Waals surface area contributed by atoms with E-state index in [4.69, 9.17) is 10.9 Å². The second kappa shape index (κ2) is 8.42. The van der Waals surface area contributed by atoms with Gasteiger partial charge < -0.3 is 21.1 Å². The number of hydrogen-bond acceptors (Lipinski definition) is 11. The first-order chi connectivity index (χ1) is 14.1. The number of anilines is 2. The molecule has 1 atom stereocenters. The molecule has 2 heterocycles. The van der Waals surface area contributed by atoms with Crippen LogP contribution in [-0.4, -0.2) is 71.7 Å². The number of tetrazole rings is 1. The number of aliphatic hydroxyl groups is 1. The van der Waals surface area contributed by atoms with Crippen molar-refractivity contribution in [2.75, 3.05) is 18.4 Å². The van der Waals surface area contributed by atoms with Crippen molar-refractivity contribution in [2.24, 2.45) is 10.9 Å². The molecule has 0 bridgehead atoms. The number of primary sulfonamides is 1. The third-order valence-electron chi connectivity index (χ3n) is 3.80. The highest BCUT2D eigenvalue weighted by molar-refractivity contribution is 7.92. The molecule has 1 aromatic carbocycles. The van der Waals surface area contributed by atoms with Crippen LogP contribution < -0.4 is 20.9 Å². The van der Waals surface area contributed by atoms with E-state index >= 15 is 0 Å². The van der Waals surface area contributed by atoms with Gasteiger partial charge >= 0.3 is 0 Å². The summed E-state index contributed by atoms with van der Waals surface area (Å²) in [4.78, 5) is 5.30. The molecule has 0 radical (unpaired) electrons. The number of H-pyrrole nitrogens is 2. The van der Waals surface area contributed by atoms with Gasteiger partial charge in [0.15, 0.2) is 0 Å². The van der Waals surface area contributed by atoms with Crippen LogP contribution in [0.5, 0.6) is 0 Å². The molecular weight excluding hydrogens is 440 g/mol. The van der Waals surface area contributed by atoms with E-state index in [1.54, 1.807) is 0 Å². The molecule has 0 saturated carbocycles. The summed E-state index contributed by atoms with van der Waals surface area (Å²) in [5.41, 5.74) is 5.12. The lowest BCUT2D eigenvalue weighted by atomic mass is 10.1. The minimum Gasteiger partial charge on any atom is -0.390 e. The number of benzene rings is 1. The van der Waals surface area contributed by atoms with Gasteiger partial charge in [-0.25, -0.2) is 31.7 Å². The summed E-state index contributed by atoms with van der Waals surface area (Å²) in [6.45, 7) is -0.641. The first kappa shape index (κ1) is 21.7. The number of sulfonamides is 2. The molecule has 162 valence electrons. The predicted molar refractivity (Wildman–Crippen MR) is 103 cm³/mol. The normalized spacial score (nSPS) is 13.3. The molecule has 0 aliphatic heterocycles. The molecule has 0 aliphatic rings. The molecule has 9 N–H and O–H groups in total. The van der Waals surface area contributed by atoms with Crippen LogP contribution in [0.15, 0.2) is 34.3 Å². The van der Waals surface area contributed by atoms with E-state index in [1.807, 2.05) is 0 Å². The maximum Gasteiger partial charge on any atom is 0.242 e. The molecule has 30 heavy (non-hydrogen) atoms. The Kier molecular flexibility index (Phi) is 6.10. The monoisotopic (exact) mass is 458 g/mol. The number of nitrogens with zero attached hydrogens (tertiary/aromatic N) is 4. The minimum absolute atomic E-state index is 0.0938. The fraction of sp³-hybridized carbons (Fsp3) is 0.231. The Labute approximate surface area is 170 Å². The van der Waals surface area contributed by atoms with Gasteiger partial charge in [0.2, 0.25) is 31.8 Å². The number of nitrogens with one attached hydrogen (secondary N) is 4. The van der Waals surface area contributed by atoms with Crippen LogP contribution in [0.3, 0.4) is 0 Å². The Morgan fingerprint density at radius 2 is 2.00 bits per heavy atom. The van der Waals surface area contributed by atoms with Crippen molar-refractivity contribution in [2.45, 2.75) is 15.9 Å². The van der Waals surface area contributed by atoms with E-state index in [0.717, 1.165) is 6.07 Å². The first-order valence-electron chi connectivity index (χ1n) is 8.21. The first-order valence-corrected chi connectivity index (χ1v) is 11.2. The summed E-state index contributed by atoms with van der Waals surface area (Å²) in [5, 5.41) is 30.8. The topological polar surface area (TPSA) is 248 Å². The van der Waals surface area contributed by atoms with Crippen LogP contribution in [0, 0.1) is 0 Å². The zero-order valence-corrected chi connectivity index (χ0v) is 16.8. The molecule has 0 spiro atoms. The van der Waals surface area contributed by atoms with Crippen LogP contribution in [0.4, 0.5) is 11.6 Å². The molecule has 0 amide bonds. The highest BCUT2D eigenvalue weighted by Gasteiger charge is 2.32. The average molecular weight is 458 g/mol. The second-order valence-corrected chi connectivity index (χ2v) is 9.13. The standard InChI is InChI=1S/C13H18N10O5S2/c14-5-7(24)6-18-30(27,28)9-2-1-8(19-13-16-3-4-17-13)10(11(9)29(15,25)26)12-20-22-23-21-12/h1-4,7,18,24H,5-6,14H2,(H2,15,25,26)(H2,16,17,19)(H,20,21,22,23). The summed E-state index contributed by atoms with van der Waals surface area (Å²) in [7, 11) is -9.05. The van der Waals surface area contributed by atoms with Gasteiger partial charge in [-0.15, -0.1) is 10.2 Å². The highest BCUT2D eigenvalue weighted by Crippen LogP contribution is 2.37. The van der Waals surface area contributed by atoms with Gasteiger partial charge in [-0.05, 0) is 17.3 Å². The average Bonchev–Trinajstić information content (AvgIpc) is 3.39. The Balaban J connectivity index is 2.23. The molecule has 0 fully saturated rings. The smallest absolute Gasteiger partial charge is 0.242 e. The van der Waals surface area contributed by atoms with Crippen LogP contribution >= 0.6 is 0 Å². The Morgan fingerprint density at radius 3 is 2.57 bits per heavy atom. The van der Waals surface area contributed by atoms with Gasteiger partial charge in [0.25, 0.3) is 0 Å². The summed E-state index contributed by atoms with van der Waals surface area (Å²) < 4.78 is 52.6. The summed E-state index contributed by atoms with van der Waals surface area (Å²) >= 11 is 0. The van der Waals surface area contributed by atoms with Crippen molar-refractivity contribution in [3.05, 3.63) is 24.5 Å². The highest BCUT2D eigenvalue weighted by atomic mass is 32.2. The van der Waals surface area contributed by atoms with Gasteiger partial charge in [0.05, 0.1) is 17.4 Å². The van der Waals surface area contributed by atoms with Gasteiger partial charge in [0.1, 0.15) is 9.79 Å². The molecule has 1 unspecified atom stereocenters. The molecule has 15 nitrogen and oxygen atoms in total. The second-order valence-electron chi connectivity index (χ2n) is 5.90. The number of imidazole rings is 1. The van der Waals surface area contributed by atoms with Gasteiger partial charge in [-0.3, -0.25) is 0 Å².